The third-order valence-electron chi connectivity index (χ3n) is 2.01. The van der Waals surface area contributed by atoms with Gasteiger partial charge in [0, 0.05) is 0 Å². The number of hydrogen-bond acceptors (Lipinski definition) is 1. The smallest absolute Gasteiger partial charge is 0.0700 e. The van der Waals surface area contributed by atoms with Gasteiger partial charge < -0.3 is 0 Å². The van der Waals surface area contributed by atoms with Crippen molar-refractivity contribution in [2.24, 2.45) is 5.92 Å². The quantitative estimate of drug-likeness (QED) is 0.566. The van der Waals surface area contributed by atoms with E-state index in [-0.39, 0.29) is 5.92 Å². The molecule has 0 radical (unpaired) electrons. The van der Waals surface area contributed by atoms with Gasteiger partial charge in [0.05, 0.1) is 12.0 Å². The van der Waals surface area contributed by atoms with Gasteiger partial charge in [-0.15, -0.1) is 0 Å². The molecule has 0 spiro atoms. The van der Waals surface area contributed by atoms with E-state index in [9.17, 15) is 0 Å². The summed E-state index contributed by atoms with van der Waals surface area (Å²) >= 11 is 0. The van der Waals surface area contributed by atoms with E-state index in [0.717, 1.165) is 12.8 Å². The molecular weight excluding hydrogens is 134 g/mol. The van der Waals surface area contributed by atoms with Crippen molar-refractivity contribution < 1.29 is 0 Å². The van der Waals surface area contributed by atoms with E-state index in [4.69, 9.17) is 5.26 Å². The predicted molar refractivity (Wildman–Crippen MR) is 48.1 cm³/mol. The standard InChI is InChI=1S/C10H17N/c1-4-6-7-10(8-11)9(3)5-2/h5,10H,4,6-7H2,1-3H3/b9-5+/t10-/m1/s1. The van der Waals surface area contributed by atoms with Crippen LogP contribution < -0.4 is 0 Å². The third-order valence-corrected chi connectivity index (χ3v) is 2.01. The van der Waals surface area contributed by atoms with Crippen LogP contribution in [-0.4, -0.2) is 0 Å². The first-order valence-electron chi connectivity index (χ1n) is 4.28. The molecule has 0 rings (SSSR count). The minimum atomic E-state index is 0.153. The predicted octanol–water partition coefficient (Wildman–Crippen LogP) is 3.28. The Morgan fingerprint density at radius 1 is 1.64 bits per heavy atom. The monoisotopic (exact) mass is 151 g/mol. The molecule has 0 aliphatic heterocycles. The van der Waals surface area contributed by atoms with Gasteiger partial charge in [0.15, 0.2) is 0 Å². The molecule has 0 heterocycles. The first-order valence-corrected chi connectivity index (χ1v) is 4.28. The summed E-state index contributed by atoms with van der Waals surface area (Å²) in [5, 5.41) is 8.76. The van der Waals surface area contributed by atoms with E-state index in [2.05, 4.69) is 13.0 Å². The number of rotatable bonds is 4. The van der Waals surface area contributed by atoms with Gasteiger partial charge in [-0.2, -0.15) is 5.26 Å². The summed E-state index contributed by atoms with van der Waals surface area (Å²) in [7, 11) is 0. The Morgan fingerprint density at radius 3 is 2.64 bits per heavy atom. The normalized spacial score (nSPS) is 14.2. The van der Waals surface area contributed by atoms with Crippen molar-refractivity contribution >= 4 is 0 Å². The van der Waals surface area contributed by atoms with E-state index in [1.54, 1.807) is 0 Å². The fraction of sp³-hybridized carbons (Fsp3) is 0.700. The lowest BCUT2D eigenvalue weighted by Crippen LogP contribution is -1.97. The highest BCUT2D eigenvalue weighted by molar-refractivity contribution is 5.10. The summed E-state index contributed by atoms with van der Waals surface area (Å²) in [6, 6.07) is 2.32. The van der Waals surface area contributed by atoms with Gasteiger partial charge in [0.2, 0.25) is 0 Å². The average Bonchev–Trinajstić information content (AvgIpc) is 2.05. The first kappa shape index (κ1) is 10.2. The summed E-state index contributed by atoms with van der Waals surface area (Å²) in [5.74, 6) is 0.153. The van der Waals surface area contributed by atoms with Crippen molar-refractivity contribution in [3.8, 4) is 6.07 Å². The van der Waals surface area contributed by atoms with Crippen LogP contribution in [0.4, 0.5) is 0 Å². The lowest BCUT2D eigenvalue weighted by Gasteiger charge is -2.07. The maximum Gasteiger partial charge on any atom is 0.0700 e. The van der Waals surface area contributed by atoms with Crippen LogP contribution in [0.25, 0.3) is 0 Å². The molecule has 0 aromatic rings. The third kappa shape index (κ3) is 3.83. The second-order valence-electron chi connectivity index (χ2n) is 2.86. The lowest BCUT2D eigenvalue weighted by molar-refractivity contribution is 0.626. The van der Waals surface area contributed by atoms with Crippen molar-refractivity contribution in [1.29, 1.82) is 5.26 Å². The van der Waals surface area contributed by atoms with Crippen LogP contribution in [0.1, 0.15) is 40.0 Å². The molecule has 1 atom stereocenters. The van der Waals surface area contributed by atoms with Crippen LogP contribution in [0, 0.1) is 17.2 Å². The molecule has 0 aliphatic rings. The summed E-state index contributed by atoms with van der Waals surface area (Å²) in [6.07, 6.45) is 5.38. The number of unbranched alkanes of at least 4 members (excludes halogenated alkanes) is 1. The summed E-state index contributed by atoms with van der Waals surface area (Å²) < 4.78 is 0. The molecule has 1 heteroatoms. The second kappa shape index (κ2) is 5.97. The second-order valence-corrected chi connectivity index (χ2v) is 2.86. The van der Waals surface area contributed by atoms with Gasteiger partial charge in [-0.25, -0.2) is 0 Å². The Kier molecular flexibility index (Phi) is 5.56. The molecule has 0 saturated carbocycles. The highest BCUT2D eigenvalue weighted by atomic mass is 14.3. The average molecular weight is 151 g/mol. The molecule has 0 amide bonds. The zero-order valence-corrected chi connectivity index (χ0v) is 7.72. The van der Waals surface area contributed by atoms with Crippen LogP contribution in [0.15, 0.2) is 11.6 Å². The topological polar surface area (TPSA) is 23.8 Å². The minimum absolute atomic E-state index is 0.153. The maximum atomic E-state index is 8.76. The molecular formula is C10H17N. The Labute approximate surface area is 69.7 Å². The van der Waals surface area contributed by atoms with Crippen molar-refractivity contribution in [3.05, 3.63) is 11.6 Å². The molecule has 0 bridgehead atoms. The van der Waals surface area contributed by atoms with Crippen LogP contribution in [0.2, 0.25) is 0 Å². The van der Waals surface area contributed by atoms with Crippen molar-refractivity contribution in [2.45, 2.75) is 40.0 Å². The van der Waals surface area contributed by atoms with Gasteiger partial charge in [0.25, 0.3) is 0 Å². The molecule has 62 valence electrons. The van der Waals surface area contributed by atoms with E-state index in [1.807, 2.05) is 19.9 Å². The molecule has 0 N–H and O–H groups in total. The number of nitriles is 1. The van der Waals surface area contributed by atoms with Crippen LogP contribution >= 0.6 is 0 Å². The minimum Gasteiger partial charge on any atom is -0.198 e. The number of nitrogens with zero attached hydrogens (tertiary/aromatic N) is 1. The Balaban J connectivity index is 3.88. The molecule has 1 nitrogen and oxygen atoms in total. The van der Waals surface area contributed by atoms with Crippen LogP contribution in [0.5, 0.6) is 0 Å². The molecule has 0 saturated heterocycles. The number of hydrogen-bond donors (Lipinski definition) is 0. The Hall–Kier alpha value is -0.770. The fourth-order valence-corrected chi connectivity index (χ4v) is 1.00. The zero-order chi connectivity index (χ0) is 8.69. The van der Waals surface area contributed by atoms with E-state index in [0.29, 0.717) is 0 Å². The van der Waals surface area contributed by atoms with Crippen molar-refractivity contribution in [2.75, 3.05) is 0 Å². The first-order chi connectivity index (χ1) is 5.26. The van der Waals surface area contributed by atoms with Crippen LogP contribution in [-0.2, 0) is 0 Å². The highest BCUT2D eigenvalue weighted by Gasteiger charge is 2.06. The lowest BCUT2D eigenvalue weighted by atomic mass is 9.96. The van der Waals surface area contributed by atoms with Crippen LogP contribution in [0.3, 0.4) is 0 Å². The maximum absolute atomic E-state index is 8.76. The molecule has 0 aliphatic carbocycles. The fourth-order valence-electron chi connectivity index (χ4n) is 1.00. The molecule has 0 unspecified atom stereocenters. The summed E-state index contributed by atoms with van der Waals surface area (Å²) in [6.45, 7) is 6.18. The van der Waals surface area contributed by atoms with Crippen molar-refractivity contribution in [1.82, 2.24) is 0 Å². The van der Waals surface area contributed by atoms with Gasteiger partial charge >= 0.3 is 0 Å². The SMILES string of the molecule is C/C=C(\C)[C@@H](C#N)CCCC. The zero-order valence-electron chi connectivity index (χ0n) is 7.72. The molecule has 0 aromatic heterocycles. The molecule has 0 aromatic carbocycles. The molecule has 0 fully saturated rings. The van der Waals surface area contributed by atoms with Crippen molar-refractivity contribution in [3.63, 3.8) is 0 Å². The summed E-state index contributed by atoms with van der Waals surface area (Å²) in [4.78, 5) is 0. The number of allylic oxidation sites excluding steroid dienone is 2. The van der Waals surface area contributed by atoms with Gasteiger partial charge in [-0.05, 0) is 20.3 Å². The van der Waals surface area contributed by atoms with E-state index < -0.39 is 0 Å². The largest absolute Gasteiger partial charge is 0.198 e. The molecule has 11 heavy (non-hydrogen) atoms. The van der Waals surface area contributed by atoms with Gasteiger partial charge in [-0.1, -0.05) is 31.4 Å². The summed E-state index contributed by atoms with van der Waals surface area (Å²) in [5.41, 5.74) is 1.21. The Bertz CT molecular complexity index is 162. The Morgan fingerprint density at radius 2 is 2.27 bits per heavy atom. The van der Waals surface area contributed by atoms with Gasteiger partial charge in [0.1, 0.15) is 0 Å². The van der Waals surface area contributed by atoms with E-state index >= 15 is 0 Å². The van der Waals surface area contributed by atoms with E-state index in [1.165, 1.54) is 12.0 Å². The van der Waals surface area contributed by atoms with Gasteiger partial charge in [-0.3, -0.25) is 0 Å². The highest BCUT2D eigenvalue weighted by Crippen LogP contribution is 2.16.